The average molecular weight is 359 g/mol. The Morgan fingerprint density at radius 2 is 2.17 bits per heavy atom. The number of likely N-dealkylation sites (tertiary alicyclic amines) is 1. The van der Waals surface area contributed by atoms with Crippen LogP contribution in [0.1, 0.15) is 37.8 Å². The molecule has 0 aromatic heterocycles. The second-order valence-corrected chi connectivity index (χ2v) is 6.10. The molecule has 0 amide bonds. The lowest BCUT2D eigenvalue weighted by molar-refractivity contribution is -0.138. The molecule has 1 heterocycles. The Morgan fingerprint density at radius 1 is 1.50 bits per heavy atom. The van der Waals surface area contributed by atoms with Crippen molar-refractivity contribution in [2.45, 2.75) is 38.3 Å². The number of benzene rings is 1. The number of carboxylic acid groups (broad SMARTS) is 1. The number of halogens is 1. The molecule has 2 rings (SSSR count). The fourth-order valence-electron chi connectivity index (χ4n) is 2.72. The van der Waals surface area contributed by atoms with Gasteiger partial charge in [0.15, 0.2) is 0 Å². The van der Waals surface area contributed by atoms with Crippen molar-refractivity contribution < 1.29 is 9.90 Å². The largest absolute Gasteiger partial charge is 0.481 e. The van der Waals surface area contributed by atoms with Crippen LogP contribution in [0.5, 0.6) is 0 Å². The summed E-state index contributed by atoms with van der Waals surface area (Å²) in [5.74, 6) is -0.693. The molecule has 1 fully saturated rings. The van der Waals surface area contributed by atoms with Crippen molar-refractivity contribution in [2.75, 3.05) is 6.54 Å². The van der Waals surface area contributed by atoms with Crippen LogP contribution in [0.15, 0.2) is 24.3 Å². The van der Waals surface area contributed by atoms with E-state index in [0.29, 0.717) is 6.04 Å². The van der Waals surface area contributed by atoms with Gasteiger partial charge in [-0.25, -0.2) is 0 Å². The van der Waals surface area contributed by atoms with Crippen molar-refractivity contribution in [3.05, 3.63) is 33.4 Å². The molecular formula is C14H18INO2. The maximum Gasteiger partial charge on any atom is 0.304 e. The van der Waals surface area contributed by atoms with E-state index in [4.69, 9.17) is 5.11 Å². The summed E-state index contributed by atoms with van der Waals surface area (Å²) in [6.45, 7) is 3.17. The lowest BCUT2D eigenvalue weighted by Crippen LogP contribution is -2.33. The quantitative estimate of drug-likeness (QED) is 0.839. The Morgan fingerprint density at radius 3 is 2.78 bits per heavy atom. The summed E-state index contributed by atoms with van der Waals surface area (Å²) in [6, 6.07) is 8.99. The van der Waals surface area contributed by atoms with E-state index in [0.717, 1.165) is 19.4 Å². The Hall–Kier alpha value is -0.620. The van der Waals surface area contributed by atoms with Crippen molar-refractivity contribution >= 4 is 28.6 Å². The molecule has 0 radical (unpaired) electrons. The summed E-state index contributed by atoms with van der Waals surface area (Å²) >= 11 is 2.30. The smallest absolute Gasteiger partial charge is 0.304 e. The highest BCUT2D eigenvalue weighted by molar-refractivity contribution is 14.1. The minimum absolute atomic E-state index is 0.191. The van der Waals surface area contributed by atoms with Gasteiger partial charge >= 0.3 is 5.97 Å². The summed E-state index contributed by atoms with van der Waals surface area (Å²) in [5.41, 5.74) is 1.27. The van der Waals surface area contributed by atoms with Gasteiger partial charge in [-0.05, 0) is 66.6 Å². The van der Waals surface area contributed by atoms with Crippen molar-refractivity contribution in [3.8, 4) is 0 Å². The maximum absolute atomic E-state index is 10.9. The lowest BCUT2D eigenvalue weighted by Gasteiger charge is -2.30. The molecule has 0 saturated carbocycles. The van der Waals surface area contributed by atoms with E-state index < -0.39 is 5.97 Å². The maximum atomic E-state index is 10.9. The van der Waals surface area contributed by atoms with E-state index in [-0.39, 0.29) is 12.5 Å². The third-order valence-corrected chi connectivity index (χ3v) is 4.40. The topological polar surface area (TPSA) is 40.5 Å². The van der Waals surface area contributed by atoms with E-state index in [2.05, 4.69) is 58.7 Å². The molecular weight excluding hydrogens is 341 g/mol. The van der Waals surface area contributed by atoms with Crippen molar-refractivity contribution in [3.63, 3.8) is 0 Å². The standard InChI is InChI=1S/C14H18INO2/c1-10(11-4-6-12(15)7-5-11)16-8-2-3-13(16)9-14(17)18/h4-7,10,13H,2-3,8-9H2,1H3,(H,17,18). The molecule has 1 aromatic rings. The second kappa shape index (κ2) is 6.02. The number of rotatable bonds is 4. The third kappa shape index (κ3) is 3.23. The molecule has 2 unspecified atom stereocenters. The monoisotopic (exact) mass is 359 g/mol. The van der Waals surface area contributed by atoms with Gasteiger partial charge in [-0.2, -0.15) is 0 Å². The van der Waals surface area contributed by atoms with Crippen LogP contribution in [0.2, 0.25) is 0 Å². The molecule has 4 heteroatoms. The normalized spacial score (nSPS) is 22.0. The lowest BCUT2D eigenvalue weighted by atomic mass is 10.0. The zero-order chi connectivity index (χ0) is 13.1. The number of aliphatic carboxylic acids is 1. The van der Waals surface area contributed by atoms with Gasteiger partial charge in [-0.3, -0.25) is 9.69 Å². The molecule has 18 heavy (non-hydrogen) atoms. The Balaban J connectivity index is 2.09. The second-order valence-electron chi connectivity index (χ2n) is 4.86. The summed E-state index contributed by atoms with van der Waals surface area (Å²) in [5, 5.41) is 8.95. The molecule has 0 bridgehead atoms. The van der Waals surface area contributed by atoms with Crippen LogP contribution in [0, 0.1) is 3.57 Å². The van der Waals surface area contributed by atoms with E-state index in [9.17, 15) is 4.79 Å². The van der Waals surface area contributed by atoms with Crippen LogP contribution in [0.25, 0.3) is 0 Å². The molecule has 1 saturated heterocycles. The zero-order valence-corrected chi connectivity index (χ0v) is 12.6. The van der Waals surface area contributed by atoms with Crippen molar-refractivity contribution in [2.24, 2.45) is 0 Å². The predicted octanol–water partition coefficient (Wildman–Crippen LogP) is 3.29. The Kier molecular flexibility index (Phi) is 4.61. The highest BCUT2D eigenvalue weighted by Crippen LogP contribution is 2.30. The van der Waals surface area contributed by atoms with E-state index in [1.165, 1.54) is 9.13 Å². The number of carbonyl (C=O) groups is 1. The molecule has 98 valence electrons. The molecule has 1 N–H and O–H groups in total. The SMILES string of the molecule is CC(c1ccc(I)cc1)N1CCCC1CC(=O)O. The first-order chi connectivity index (χ1) is 8.58. The highest BCUT2D eigenvalue weighted by atomic mass is 127. The Bertz CT molecular complexity index is 418. The third-order valence-electron chi connectivity index (χ3n) is 3.68. The molecule has 1 aromatic carbocycles. The van der Waals surface area contributed by atoms with Gasteiger partial charge in [0.25, 0.3) is 0 Å². The van der Waals surface area contributed by atoms with Crippen LogP contribution in [-0.4, -0.2) is 28.6 Å². The molecule has 0 spiro atoms. The van der Waals surface area contributed by atoms with Gasteiger partial charge in [0.05, 0.1) is 6.42 Å². The van der Waals surface area contributed by atoms with Gasteiger partial charge in [0.1, 0.15) is 0 Å². The summed E-state index contributed by atoms with van der Waals surface area (Å²) in [6.07, 6.45) is 2.36. The van der Waals surface area contributed by atoms with Crippen LogP contribution >= 0.6 is 22.6 Å². The van der Waals surface area contributed by atoms with Gasteiger partial charge in [0, 0.05) is 15.7 Å². The summed E-state index contributed by atoms with van der Waals surface area (Å²) < 4.78 is 1.23. The number of hydrogen-bond donors (Lipinski definition) is 1. The molecule has 3 nitrogen and oxygen atoms in total. The molecule has 0 aliphatic carbocycles. The zero-order valence-electron chi connectivity index (χ0n) is 10.5. The van der Waals surface area contributed by atoms with E-state index in [1.54, 1.807) is 0 Å². The molecule has 1 aliphatic heterocycles. The number of carboxylic acids is 1. The summed E-state index contributed by atoms with van der Waals surface area (Å²) in [4.78, 5) is 13.2. The minimum Gasteiger partial charge on any atom is -0.481 e. The number of hydrogen-bond acceptors (Lipinski definition) is 2. The van der Waals surface area contributed by atoms with Gasteiger partial charge in [0.2, 0.25) is 0 Å². The number of nitrogens with zero attached hydrogens (tertiary/aromatic N) is 1. The van der Waals surface area contributed by atoms with E-state index in [1.807, 2.05) is 0 Å². The van der Waals surface area contributed by atoms with Crippen LogP contribution in [0.4, 0.5) is 0 Å². The predicted molar refractivity (Wildman–Crippen MR) is 79.6 cm³/mol. The first kappa shape index (κ1) is 13.8. The fraction of sp³-hybridized carbons (Fsp3) is 0.500. The molecule has 2 atom stereocenters. The van der Waals surface area contributed by atoms with Gasteiger partial charge in [-0.15, -0.1) is 0 Å². The Labute approximate surface area is 121 Å². The van der Waals surface area contributed by atoms with Crippen molar-refractivity contribution in [1.82, 2.24) is 4.90 Å². The van der Waals surface area contributed by atoms with Crippen molar-refractivity contribution in [1.29, 1.82) is 0 Å². The average Bonchev–Trinajstić information content (AvgIpc) is 2.76. The highest BCUT2D eigenvalue weighted by Gasteiger charge is 2.30. The first-order valence-electron chi connectivity index (χ1n) is 6.31. The van der Waals surface area contributed by atoms with Crippen LogP contribution < -0.4 is 0 Å². The molecule has 1 aliphatic rings. The van der Waals surface area contributed by atoms with Gasteiger partial charge in [-0.1, -0.05) is 12.1 Å². The minimum atomic E-state index is -0.693. The fourth-order valence-corrected chi connectivity index (χ4v) is 3.08. The summed E-state index contributed by atoms with van der Waals surface area (Å²) in [7, 11) is 0. The van der Waals surface area contributed by atoms with E-state index >= 15 is 0 Å². The first-order valence-corrected chi connectivity index (χ1v) is 7.39. The van der Waals surface area contributed by atoms with Crippen LogP contribution in [-0.2, 0) is 4.79 Å². The van der Waals surface area contributed by atoms with Crippen LogP contribution in [0.3, 0.4) is 0 Å². The van der Waals surface area contributed by atoms with Gasteiger partial charge < -0.3 is 5.11 Å².